The van der Waals surface area contributed by atoms with Gasteiger partial charge in [0.05, 0.1) is 5.57 Å². The fourth-order valence-corrected chi connectivity index (χ4v) is 2.83. The van der Waals surface area contributed by atoms with Gasteiger partial charge in [0.1, 0.15) is 11.5 Å². The van der Waals surface area contributed by atoms with Crippen molar-refractivity contribution in [3.05, 3.63) is 71.2 Å². The van der Waals surface area contributed by atoms with Crippen LogP contribution in [0.2, 0.25) is 0 Å². The SMILES string of the molecule is CCc1ccc(NC2=C(c3ccc(F)cc3)C(=O)N(CC)C2=O)cc1. The Labute approximate surface area is 146 Å². The number of carbonyl (C=O) groups is 2. The fourth-order valence-electron chi connectivity index (χ4n) is 2.83. The average Bonchev–Trinajstić information content (AvgIpc) is 2.86. The van der Waals surface area contributed by atoms with Crippen LogP contribution in [0.25, 0.3) is 5.57 Å². The summed E-state index contributed by atoms with van der Waals surface area (Å²) < 4.78 is 13.2. The predicted molar refractivity (Wildman–Crippen MR) is 95.2 cm³/mol. The minimum Gasteiger partial charge on any atom is -0.350 e. The molecule has 2 aromatic rings. The summed E-state index contributed by atoms with van der Waals surface area (Å²) in [4.78, 5) is 26.5. The molecule has 0 aliphatic carbocycles. The monoisotopic (exact) mass is 338 g/mol. The third-order valence-electron chi connectivity index (χ3n) is 4.25. The van der Waals surface area contributed by atoms with Gasteiger partial charge >= 0.3 is 0 Å². The van der Waals surface area contributed by atoms with Gasteiger partial charge in [0.15, 0.2) is 0 Å². The quantitative estimate of drug-likeness (QED) is 0.848. The third-order valence-corrected chi connectivity index (χ3v) is 4.25. The summed E-state index contributed by atoms with van der Waals surface area (Å²) in [6, 6.07) is 13.3. The van der Waals surface area contributed by atoms with E-state index in [0.29, 0.717) is 5.56 Å². The summed E-state index contributed by atoms with van der Waals surface area (Å²) in [7, 11) is 0. The number of carbonyl (C=O) groups excluding carboxylic acids is 2. The number of halogens is 1. The second-order valence-corrected chi connectivity index (χ2v) is 5.79. The Morgan fingerprint density at radius 1 is 0.920 bits per heavy atom. The summed E-state index contributed by atoms with van der Waals surface area (Å²) >= 11 is 0. The summed E-state index contributed by atoms with van der Waals surface area (Å²) in [5.74, 6) is -1.13. The van der Waals surface area contributed by atoms with Crippen LogP contribution >= 0.6 is 0 Å². The van der Waals surface area contributed by atoms with Crippen LogP contribution in [0.4, 0.5) is 10.1 Å². The van der Waals surface area contributed by atoms with Gasteiger partial charge in [0, 0.05) is 12.2 Å². The Morgan fingerprint density at radius 2 is 1.56 bits per heavy atom. The molecule has 0 bridgehead atoms. The minimum atomic E-state index is -0.391. The molecule has 2 aromatic carbocycles. The Morgan fingerprint density at radius 3 is 2.12 bits per heavy atom. The number of anilines is 1. The number of aryl methyl sites for hydroxylation is 1. The number of rotatable bonds is 5. The first kappa shape index (κ1) is 16.9. The van der Waals surface area contributed by atoms with E-state index < -0.39 is 5.82 Å². The van der Waals surface area contributed by atoms with E-state index >= 15 is 0 Å². The number of benzene rings is 2. The topological polar surface area (TPSA) is 49.4 Å². The van der Waals surface area contributed by atoms with Crippen molar-refractivity contribution >= 4 is 23.1 Å². The third kappa shape index (κ3) is 3.18. The molecule has 1 aliphatic rings. The number of hydrogen-bond acceptors (Lipinski definition) is 3. The van der Waals surface area contributed by atoms with Crippen molar-refractivity contribution in [2.45, 2.75) is 20.3 Å². The van der Waals surface area contributed by atoms with Gasteiger partial charge < -0.3 is 5.32 Å². The van der Waals surface area contributed by atoms with Crippen LogP contribution in [0, 0.1) is 5.82 Å². The maximum Gasteiger partial charge on any atom is 0.278 e. The van der Waals surface area contributed by atoms with Crippen molar-refractivity contribution in [3.63, 3.8) is 0 Å². The molecule has 0 atom stereocenters. The van der Waals surface area contributed by atoms with Crippen molar-refractivity contribution in [3.8, 4) is 0 Å². The predicted octanol–water partition coefficient (Wildman–Crippen LogP) is 3.60. The first-order chi connectivity index (χ1) is 12.0. The Kier molecular flexibility index (Phi) is 4.65. The second kappa shape index (κ2) is 6.89. The Hall–Kier alpha value is -2.95. The van der Waals surface area contributed by atoms with E-state index in [2.05, 4.69) is 12.2 Å². The molecular weight excluding hydrogens is 319 g/mol. The van der Waals surface area contributed by atoms with E-state index in [4.69, 9.17) is 0 Å². The lowest BCUT2D eigenvalue weighted by Crippen LogP contribution is -2.32. The molecule has 128 valence electrons. The van der Waals surface area contributed by atoms with Gasteiger partial charge in [-0.2, -0.15) is 0 Å². The van der Waals surface area contributed by atoms with Crippen LogP contribution in [0.5, 0.6) is 0 Å². The van der Waals surface area contributed by atoms with Crippen LogP contribution in [0.15, 0.2) is 54.2 Å². The number of hydrogen-bond donors (Lipinski definition) is 1. The molecule has 25 heavy (non-hydrogen) atoms. The van der Waals surface area contributed by atoms with Crippen molar-refractivity contribution in [2.24, 2.45) is 0 Å². The second-order valence-electron chi connectivity index (χ2n) is 5.79. The van der Waals surface area contributed by atoms with Crippen molar-refractivity contribution in [2.75, 3.05) is 11.9 Å². The molecule has 1 aliphatic heterocycles. The molecule has 1 N–H and O–H groups in total. The van der Waals surface area contributed by atoms with Crippen LogP contribution < -0.4 is 5.32 Å². The molecule has 0 saturated heterocycles. The van der Waals surface area contributed by atoms with E-state index in [9.17, 15) is 14.0 Å². The summed E-state index contributed by atoms with van der Waals surface area (Å²) in [5.41, 5.74) is 2.92. The zero-order valence-electron chi connectivity index (χ0n) is 14.2. The molecule has 4 nitrogen and oxygen atoms in total. The van der Waals surface area contributed by atoms with Gasteiger partial charge in [-0.15, -0.1) is 0 Å². The Bertz CT molecular complexity index is 839. The van der Waals surface area contributed by atoms with Gasteiger partial charge in [-0.1, -0.05) is 31.2 Å². The van der Waals surface area contributed by atoms with Gasteiger partial charge in [-0.25, -0.2) is 4.39 Å². The maximum atomic E-state index is 13.2. The highest BCUT2D eigenvalue weighted by Gasteiger charge is 2.38. The molecular formula is C20H19FN2O2. The van der Waals surface area contributed by atoms with Crippen molar-refractivity contribution in [1.29, 1.82) is 0 Å². The standard InChI is InChI=1S/C20H19FN2O2/c1-3-13-5-11-16(12-6-13)22-18-17(14-7-9-15(21)10-8-14)19(24)23(4-2)20(18)25/h5-12,22H,3-4H2,1-2H3. The molecule has 0 fully saturated rings. The van der Waals surface area contributed by atoms with Crippen LogP contribution in [-0.4, -0.2) is 23.3 Å². The van der Waals surface area contributed by atoms with Gasteiger partial charge in [0.2, 0.25) is 0 Å². The lowest BCUT2D eigenvalue weighted by atomic mass is 10.0. The van der Waals surface area contributed by atoms with Crippen LogP contribution in [0.1, 0.15) is 25.0 Å². The zero-order chi connectivity index (χ0) is 18.0. The van der Waals surface area contributed by atoms with E-state index in [1.54, 1.807) is 6.92 Å². The van der Waals surface area contributed by atoms with Gasteiger partial charge in [-0.05, 0) is 48.7 Å². The molecule has 0 aromatic heterocycles. The molecule has 2 amide bonds. The largest absolute Gasteiger partial charge is 0.350 e. The van der Waals surface area contributed by atoms with Crippen LogP contribution in [-0.2, 0) is 16.0 Å². The average molecular weight is 338 g/mol. The highest BCUT2D eigenvalue weighted by molar-refractivity contribution is 6.36. The summed E-state index contributed by atoms with van der Waals surface area (Å²) in [6.07, 6.45) is 0.921. The zero-order valence-corrected chi connectivity index (χ0v) is 14.2. The number of amides is 2. The first-order valence-corrected chi connectivity index (χ1v) is 8.27. The molecule has 0 radical (unpaired) electrons. The molecule has 0 unspecified atom stereocenters. The van der Waals surface area contributed by atoms with Crippen molar-refractivity contribution < 1.29 is 14.0 Å². The lowest BCUT2D eigenvalue weighted by Gasteiger charge is -2.12. The number of likely N-dealkylation sites (N-methyl/N-ethyl adjacent to an activating group) is 1. The van der Waals surface area contributed by atoms with Crippen molar-refractivity contribution in [1.82, 2.24) is 4.90 Å². The molecule has 5 heteroatoms. The molecule has 0 saturated carbocycles. The number of nitrogens with one attached hydrogen (secondary N) is 1. The molecule has 0 spiro atoms. The van der Waals surface area contributed by atoms with Gasteiger partial charge in [-0.3, -0.25) is 14.5 Å². The highest BCUT2D eigenvalue weighted by Crippen LogP contribution is 2.30. The van der Waals surface area contributed by atoms with E-state index in [-0.39, 0.29) is 29.6 Å². The number of imide groups is 1. The fraction of sp³-hybridized carbons (Fsp3) is 0.200. The van der Waals surface area contributed by atoms with Gasteiger partial charge in [0.25, 0.3) is 11.8 Å². The lowest BCUT2D eigenvalue weighted by molar-refractivity contribution is -0.136. The molecule has 1 heterocycles. The van der Waals surface area contributed by atoms with E-state index in [1.165, 1.54) is 34.7 Å². The first-order valence-electron chi connectivity index (χ1n) is 8.27. The normalized spacial score (nSPS) is 14.4. The molecule has 3 rings (SSSR count). The van der Waals surface area contributed by atoms with E-state index in [1.807, 2.05) is 24.3 Å². The van der Waals surface area contributed by atoms with Crippen LogP contribution in [0.3, 0.4) is 0 Å². The summed E-state index contributed by atoms with van der Waals surface area (Å²) in [5, 5.41) is 3.07. The van der Waals surface area contributed by atoms with E-state index in [0.717, 1.165) is 12.1 Å². The number of nitrogens with zero attached hydrogens (tertiary/aromatic N) is 1. The Balaban J connectivity index is 2.03. The smallest absolute Gasteiger partial charge is 0.278 e. The summed E-state index contributed by atoms with van der Waals surface area (Å²) in [6.45, 7) is 4.09. The highest BCUT2D eigenvalue weighted by atomic mass is 19.1. The minimum absolute atomic E-state index is 0.225. The maximum absolute atomic E-state index is 13.2.